The Kier molecular flexibility index (Phi) is 4.19. The zero-order valence-electron chi connectivity index (χ0n) is 17.9. The van der Waals surface area contributed by atoms with Crippen molar-refractivity contribution < 1.29 is 14.4 Å². The number of imidazole rings is 2. The number of nitrogens with one attached hydrogen (secondary N) is 1. The predicted octanol–water partition coefficient (Wildman–Crippen LogP) is 2.16. The smallest absolute Gasteiger partial charge is 0.255 e. The van der Waals surface area contributed by atoms with E-state index in [0.29, 0.717) is 18.5 Å². The summed E-state index contributed by atoms with van der Waals surface area (Å²) in [6.07, 6.45) is 7.94. The molecule has 9 heteroatoms. The minimum atomic E-state index is -0.627. The minimum Gasteiger partial charge on any atom is -0.333 e. The molecule has 0 spiro atoms. The van der Waals surface area contributed by atoms with Gasteiger partial charge in [0.1, 0.15) is 6.04 Å². The highest BCUT2D eigenvalue weighted by Crippen LogP contribution is 2.35. The Hall–Kier alpha value is -4.27. The minimum absolute atomic E-state index is 0.183. The first-order valence-electron chi connectivity index (χ1n) is 10.7. The Morgan fingerprint density at radius 3 is 2.76 bits per heavy atom. The van der Waals surface area contributed by atoms with Crippen LogP contribution in [-0.2, 0) is 23.2 Å². The van der Waals surface area contributed by atoms with Gasteiger partial charge >= 0.3 is 0 Å². The van der Waals surface area contributed by atoms with Crippen LogP contribution in [0.15, 0.2) is 55.4 Å². The average molecular weight is 440 g/mol. The summed E-state index contributed by atoms with van der Waals surface area (Å²) in [6.45, 7) is 0.331. The quantitative estimate of drug-likeness (QED) is 0.492. The van der Waals surface area contributed by atoms with Crippen molar-refractivity contribution in [3.8, 4) is 22.5 Å². The summed E-state index contributed by atoms with van der Waals surface area (Å²) in [5, 5.41) is 2.34. The number of pyridine rings is 1. The zero-order valence-corrected chi connectivity index (χ0v) is 17.9. The van der Waals surface area contributed by atoms with Gasteiger partial charge in [0.25, 0.3) is 5.91 Å². The molecule has 0 saturated carbocycles. The summed E-state index contributed by atoms with van der Waals surface area (Å²) in [6, 6.07) is 9.10. The zero-order chi connectivity index (χ0) is 22.7. The Morgan fingerprint density at radius 1 is 1.06 bits per heavy atom. The number of rotatable bonds is 3. The summed E-state index contributed by atoms with van der Waals surface area (Å²) < 4.78 is 3.94. The van der Waals surface area contributed by atoms with Gasteiger partial charge in [-0.2, -0.15) is 0 Å². The van der Waals surface area contributed by atoms with Gasteiger partial charge in [-0.15, -0.1) is 0 Å². The van der Waals surface area contributed by atoms with Gasteiger partial charge in [0.15, 0.2) is 0 Å². The van der Waals surface area contributed by atoms with Gasteiger partial charge in [-0.3, -0.25) is 19.7 Å². The summed E-state index contributed by atoms with van der Waals surface area (Å²) >= 11 is 0. The largest absolute Gasteiger partial charge is 0.333 e. The molecule has 1 atom stereocenters. The third kappa shape index (κ3) is 3.04. The lowest BCUT2D eigenvalue weighted by atomic mass is 10.0. The van der Waals surface area contributed by atoms with E-state index in [-0.39, 0.29) is 18.2 Å². The molecule has 1 fully saturated rings. The maximum atomic E-state index is 13.0. The number of nitrogens with zero attached hydrogens (tertiary/aromatic N) is 5. The highest BCUT2D eigenvalue weighted by atomic mass is 16.2. The van der Waals surface area contributed by atoms with Crippen LogP contribution in [0, 0.1) is 0 Å². The third-order valence-corrected chi connectivity index (χ3v) is 6.42. The third-order valence-electron chi connectivity index (χ3n) is 6.42. The van der Waals surface area contributed by atoms with Gasteiger partial charge in [0, 0.05) is 42.9 Å². The van der Waals surface area contributed by atoms with E-state index in [2.05, 4.69) is 15.3 Å². The van der Waals surface area contributed by atoms with Gasteiger partial charge in [-0.1, -0.05) is 6.07 Å². The van der Waals surface area contributed by atoms with E-state index in [4.69, 9.17) is 0 Å². The maximum Gasteiger partial charge on any atom is 0.255 e. The summed E-state index contributed by atoms with van der Waals surface area (Å²) in [5.74, 6) is -0.883. The van der Waals surface area contributed by atoms with Gasteiger partial charge in [-0.25, -0.2) is 9.97 Å². The van der Waals surface area contributed by atoms with Crippen LogP contribution >= 0.6 is 0 Å². The normalized spacial score (nSPS) is 18.2. The number of fused-ring (bicyclic) bond motifs is 2. The van der Waals surface area contributed by atoms with E-state index >= 15 is 0 Å². The number of aryl methyl sites for hydroxylation is 1. The van der Waals surface area contributed by atoms with E-state index in [9.17, 15) is 14.4 Å². The first-order valence-corrected chi connectivity index (χ1v) is 10.7. The summed E-state index contributed by atoms with van der Waals surface area (Å²) in [4.78, 5) is 47.2. The van der Waals surface area contributed by atoms with Crippen LogP contribution in [0.1, 0.15) is 28.8 Å². The van der Waals surface area contributed by atoms with Crippen molar-refractivity contribution in [2.75, 3.05) is 0 Å². The molecule has 164 valence electrons. The first kappa shape index (κ1) is 19.4. The number of hydrogen-bond acceptors (Lipinski definition) is 5. The second kappa shape index (κ2) is 7.13. The van der Waals surface area contributed by atoms with E-state index in [1.165, 1.54) is 0 Å². The van der Waals surface area contributed by atoms with Crippen LogP contribution in [0.2, 0.25) is 0 Å². The molecule has 2 aliphatic heterocycles. The molecule has 2 aliphatic rings. The number of hydrogen-bond donors (Lipinski definition) is 1. The van der Waals surface area contributed by atoms with Crippen molar-refractivity contribution in [3.63, 3.8) is 0 Å². The molecule has 1 aromatic carbocycles. The molecule has 33 heavy (non-hydrogen) atoms. The van der Waals surface area contributed by atoms with Gasteiger partial charge in [0.2, 0.25) is 11.8 Å². The van der Waals surface area contributed by atoms with Gasteiger partial charge < -0.3 is 13.9 Å². The molecule has 6 rings (SSSR count). The van der Waals surface area contributed by atoms with Crippen molar-refractivity contribution in [1.29, 1.82) is 0 Å². The lowest BCUT2D eigenvalue weighted by Crippen LogP contribution is -2.52. The topological polar surface area (TPSA) is 102 Å². The van der Waals surface area contributed by atoms with Crippen LogP contribution in [0.25, 0.3) is 28.0 Å². The number of benzene rings is 1. The van der Waals surface area contributed by atoms with Crippen molar-refractivity contribution in [1.82, 2.24) is 29.2 Å². The monoisotopic (exact) mass is 440 g/mol. The second-order valence-electron chi connectivity index (χ2n) is 8.47. The van der Waals surface area contributed by atoms with Crippen molar-refractivity contribution in [3.05, 3.63) is 66.5 Å². The van der Waals surface area contributed by atoms with Gasteiger partial charge in [-0.05, 0) is 36.2 Å². The lowest BCUT2D eigenvalue weighted by Gasteiger charge is -2.29. The highest BCUT2D eigenvalue weighted by molar-refractivity contribution is 6.05. The fraction of sp³-hybridized carbons (Fsp3) is 0.208. The van der Waals surface area contributed by atoms with Crippen LogP contribution in [0.5, 0.6) is 0 Å². The molecule has 1 N–H and O–H groups in total. The SMILES string of the molecule is Cn1cnc(-c2ccc3c(c2)CN([C@H]2CCC(=O)NC2=O)C3=O)c1-c1ccc2cncn2c1. The number of carbonyl (C=O) groups excluding carboxylic acids is 3. The Bertz CT molecular complexity index is 1470. The molecule has 0 radical (unpaired) electrons. The number of amides is 3. The van der Waals surface area contributed by atoms with E-state index in [1.54, 1.807) is 29.8 Å². The molecule has 0 aliphatic carbocycles. The fourth-order valence-corrected chi connectivity index (χ4v) is 4.76. The summed E-state index contributed by atoms with van der Waals surface area (Å²) in [7, 11) is 1.95. The molecule has 0 unspecified atom stereocenters. The Morgan fingerprint density at radius 2 is 1.91 bits per heavy atom. The van der Waals surface area contributed by atoms with Crippen LogP contribution in [-0.4, -0.2) is 47.6 Å². The first-order chi connectivity index (χ1) is 16.0. The molecule has 0 bridgehead atoms. The molecule has 5 heterocycles. The molecular weight excluding hydrogens is 420 g/mol. The fourth-order valence-electron chi connectivity index (χ4n) is 4.76. The molecule has 4 aromatic rings. The highest BCUT2D eigenvalue weighted by Gasteiger charge is 2.39. The van der Waals surface area contributed by atoms with E-state index in [1.807, 2.05) is 46.5 Å². The van der Waals surface area contributed by atoms with Crippen molar-refractivity contribution in [2.24, 2.45) is 7.05 Å². The molecular formula is C24H20N6O3. The lowest BCUT2D eigenvalue weighted by molar-refractivity contribution is -0.136. The number of piperidine rings is 1. The second-order valence-corrected chi connectivity index (χ2v) is 8.47. The molecule has 3 amide bonds. The van der Waals surface area contributed by atoms with Crippen LogP contribution in [0.3, 0.4) is 0 Å². The van der Waals surface area contributed by atoms with E-state index < -0.39 is 11.9 Å². The van der Waals surface area contributed by atoms with Crippen molar-refractivity contribution >= 4 is 23.2 Å². The Labute approximate surface area is 188 Å². The van der Waals surface area contributed by atoms with Crippen LogP contribution in [0.4, 0.5) is 0 Å². The standard InChI is InChI=1S/C24H20N6O3/c1-28-13-26-21(22(28)15-2-4-17-9-25-12-29(17)10-15)14-3-5-18-16(8-14)11-30(24(18)33)19-6-7-20(31)27-23(19)32/h2-5,8-10,12-13,19H,6-7,11H2,1H3,(H,27,31,32)/t19-/m0/s1. The maximum absolute atomic E-state index is 13.0. The number of carbonyl (C=O) groups is 3. The number of imide groups is 1. The molecule has 3 aromatic heterocycles. The predicted molar refractivity (Wildman–Crippen MR) is 119 cm³/mol. The van der Waals surface area contributed by atoms with E-state index in [0.717, 1.165) is 33.6 Å². The molecule has 9 nitrogen and oxygen atoms in total. The van der Waals surface area contributed by atoms with Crippen molar-refractivity contribution in [2.45, 2.75) is 25.4 Å². The van der Waals surface area contributed by atoms with Gasteiger partial charge in [0.05, 0.1) is 35.8 Å². The average Bonchev–Trinajstić information content (AvgIpc) is 3.50. The summed E-state index contributed by atoms with van der Waals surface area (Å²) in [5.41, 5.74) is 6.10. The molecule has 1 saturated heterocycles. The number of aromatic nitrogens is 4. The van der Waals surface area contributed by atoms with Crippen LogP contribution < -0.4 is 5.32 Å². The Balaban J connectivity index is 1.36.